The van der Waals surface area contributed by atoms with Gasteiger partial charge >= 0.3 is 0 Å². The van der Waals surface area contributed by atoms with Crippen LogP contribution in [0.25, 0.3) is 0 Å². The minimum absolute atomic E-state index is 0.0475. The Bertz CT molecular complexity index is 316. The zero-order chi connectivity index (χ0) is 11.3. The molecule has 0 amide bonds. The molecule has 0 bridgehead atoms. The molecule has 2 heteroatoms. The first-order valence-corrected chi connectivity index (χ1v) is 5.90. The van der Waals surface area contributed by atoms with Crippen LogP contribution in [0.15, 0.2) is 0 Å². The summed E-state index contributed by atoms with van der Waals surface area (Å²) in [6.07, 6.45) is 3.93. The number of rotatable bonds is 0. The molecule has 0 N–H and O–H groups in total. The highest BCUT2D eigenvalue weighted by molar-refractivity contribution is 5.89. The lowest BCUT2D eigenvalue weighted by Crippen LogP contribution is -2.51. The highest BCUT2D eigenvalue weighted by Gasteiger charge is 2.53. The number of Topliss-reactive ketones (excluding diaryl/α,β-unsaturated/α-hetero) is 2. The van der Waals surface area contributed by atoms with E-state index in [1.165, 1.54) is 0 Å². The van der Waals surface area contributed by atoms with Crippen LogP contribution in [0.2, 0.25) is 0 Å². The Hall–Kier alpha value is -0.660. The van der Waals surface area contributed by atoms with Crippen molar-refractivity contribution in [2.24, 2.45) is 16.7 Å². The monoisotopic (exact) mass is 208 g/mol. The molecule has 0 saturated heterocycles. The van der Waals surface area contributed by atoms with Crippen LogP contribution in [-0.4, -0.2) is 11.6 Å². The topological polar surface area (TPSA) is 34.1 Å². The van der Waals surface area contributed by atoms with Crippen LogP contribution in [0.1, 0.15) is 52.9 Å². The summed E-state index contributed by atoms with van der Waals surface area (Å²) in [6, 6.07) is 0. The van der Waals surface area contributed by atoms with E-state index in [-0.39, 0.29) is 16.7 Å². The highest BCUT2D eigenvalue weighted by Crippen LogP contribution is 2.55. The summed E-state index contributed by atoms with van der Waals surface area (Å²) in [4.78, 5) is 23.8. The van der Waals surface area contributed by atoms with Crippen molar-refractivity contribution in [1.82, 2.24) is 0 Å². The van der Waals surface area contributed by atoms with Crippen molar-refractivity contribution in [3.8, 4) is 0 Å². The highest BCUT2D eigenvalue weighted by atomic mass is 16.1. The van der Waals surface area contributed by atoms with Crippen LogP contribution < -0.4 is 0 Å². The predicted octanol–water partition coefficient (Wildman–Crippen LogP) is 2.75. The molecule has 0 aromatic heterocycles. The van der Waals surface area contributed by atoms with E-state index >= 15 is 0 Å². The Labute approximate surface area is 91.4 Å². The Kier molecular flexibility index (Phi) is 2.29. The smallest absolute Gasteiger partial charge is 0.137 e. The molecule has 0 radical (unpaired) electrons. The van der Waals surface area contributed by atoms with Crippen LogP contribution in [0.3, 0.4) is 0 Å². The van der Waals surface area contributed by atoms with Gasteiger partial charge in [-0.3, -0.25) is 9.59 Å². The SMILES string of the molecule is CC1(C)CC(=O)C[C@]2(C)CCCC(=O)[C@@H]12. The third-order valence-corrected chi connectivity index (χ3v) is 4.23. The van der Waals surface area contributed by atoms with Gasteiger partial charge in [0.05, 0.1) is 0 Å². The first-order chi connectivity index (χ1) is 6.85. The zero-order valence-corrected chi connectivity index (χ0v) is 9.93. The Morgan fingerprint density at radius 3 is 2.47 bits per heavy atom. The van der Waals surface area contributed by atoms with Gasteiger partial charge in [0, 0.05) is 25.2 Å². The molecule has 2 nitrogen and oxygen atoms in total. The third kappa shape index (κ3) is 1.64. The first-order valence-electron chi connectivity index (χ1n) is 5.90. The van der Waals surface area contributed by atoms with Crippen LogP contribution >= 0.6 is 0 Å². The van der Waals surface area contributed by atoms with E-state index in [4.69, 9.17) is 0 Å². The molecule has 2 saturated carbocycles. The molecule has 84 valence electrons. The minimum atomic E-state index is -0.123. The van der Waals surface area contributed by atoms with Gasteiger partial charge in [0.2, 0.25) is 0 Å². The molecule has 0 aromatic rings. The molecule has 2 aliphatic carbocycles. The fraction of sp³-hybridized carbons (Fsp3) is 0.846. The second-order valence-electron chi connectivity index (χ2n) is 6.29. The number of carbonyl (C=O) groups is 2. The molecular formula is C13H20O2. The Morgan fingerprint density at radius 2 is 1.80 bits per heavy atom. The number of fused-ring (bicyclic) bond motifs is 1. The molecule has 0 unspecified atom stereocenters. The molecule has 0 heterocycles. The van der Waals surface area contributed by atoms with Crippen LogP contribution in [0.5, 0.6) is 0 Å². The molecule has 2 fully saturated rings. The van der Waals surface area contributed by atoms with Gasteiger partial charge in [-0.2, -0.15) is 0 Å². The van der Waals surface area contributed by atoms with Gasteiger partial charge in [-0.05, 0) is 23.7 Å². The number of ketones is 2. The molecular weight excluding hydrogens is 188 g/mol. The van der Waals surface area contributed by atoms with Crippen molar-refractivity contribution in [3.63, 3.8) is 0 Å². The molecule has 2 aliphatic rings. The van der Waals surface area contributed by atoms with Crippen molar-refractivity contribution in [1.29, 1.82) is 0 Å². The maximum Gasteiger partial charge on any atom is 0.137 e. The number of hydrogen-bond acceptors (Lipinski definition) is 2. The maximum atomic E-state index is 12.0. The maximum absolute atomic E-state index is 12.0. The third-order valence-electron chi connectivity index (χ3n) is 4.23. The van der Waals surface area contributed by atoms with Crippen molar-refractivity contribution in [2.75, 3.05) is 0 Å². The molecule has 15 heavy (non-hydrogen) atoms. The second-order valence-corrected chi connectivity index (χ2v) is 6.29. The quantitative estimate of drug-likeness (QED) is 0.613. The lowest BCUT2D eigenvalue weighted by atomic mass is 9.51. The molecule has 0 aliphatic heterocycles. The summed E-state index contributed by atoms with van der Waals surface area (Å²) >= 11 is 0. The van der Waals surface area contributed by atoms with Crippen molar-refractivity contribution >= 4 is 11.6 Å². The van der Waals surface area contributed by atoms with Gasteiger partial charge in [-0.15, -0.1) is 0 Å². The summed E-state index contributed by atoms with van der Waals surface area (Å²) in [7, 11) is 0. The lowest BCUT2D eigenvalue weighted by Gasteiger charge is -2.51. The van der Waals surface area contributed by atoms with Crippen LogP contribution in [-0.2, 0) is 9.59 Å². The normalized spacial score (nSPS) is 40.1. The van der Waals surface area contributed by atoms with E-state index < -0.39 is 0 Å². The zero-order valence-electron chi connectivity index (χ0n) is 9.93. The first kappa shape index (κ1) is 10.8. The van der Waals surface area contributed by atoms with Gasteiger partial charge in [-0.1, -0.05) is 20.8 Å². The number of hydrogen-bond donors (Lipinski definition) is 0. The minimum Gasteiger partial charge on any atom is -0.300 e. The largest absolute Gasteiger partial charge is 0.300 e. The summed E-state index contributed by atoms with van der Waals surface area (Å²) in [5, 5.41) is 0. The van der Waals surface area contributed by atoms with Crippen molar-refractivity contribution < 1.29 is 9.59 Å². The second kappa shape index (κ2) is 3.16. The van der Waals surface area contributed by atoms with Gasteiger partial charge in [0.25, 0.3) is 0 Å². The van der Waals surface area contributed by atoms with E-state index in [0.717, 1.165) is 19.3 Å². The fourth-order valence-electron chi connectivity index (χ4n) is 4.04. The van der Waals surface area contributed by atoms with E-state index in [0.29, 0.717) is 24.4 Å². The van der Waals surface area contributed by atoms with Crippen LogP contribution in [0, 0.1) is 16.7 Å². The summed E-state index contributed by atoms with van der Waals surface area (Å²) in [5.41, 5.74) is -0.171. The molecule has 0 aromatic carbocycles. The molecule has 2 rings (SSSR count). The van der Waals surface area contributed by atoms with E-state index in [1.54, 1.807) is 0 Å². The molecule has 0 spiro atoms. The van der Waals surface area contributed by atoms with Gasteiger partial charge < -0.3 is 0 Å². The van der Waals surface area contributed by atoms with Gasteiger partial charge in [0.1, 0.15) is 11.6 Å². The van der Waals surface area contributed by atoms with Gasteiger partial charge in [-0.25, -0.2) is 0 Å². The Balaban J connectivity index is 2.39. The number of carbonyl (C=O) groups excluding carboxylic acids is 2. The lowest BCUT2D eigenvalue weighted by molar-refractivity contribution is -0.148. The Morgan fingerprint density at radius 1 is 1.13 bits per heavy atom. The van der Waals surface area contributed by atoms with E-state index in [2.05, 4.69) is 20.8 Å². The van der Waals surface area contributed by atoms with Gasteiger partial charge in [0.15, 0.2) is 0 Å². The standard InChI is InChI=1S/C13H20O2/c1-12(2)7-9(14)8-13(3)6-4-5-10(15)11(12)13/h11H,4-8H2,1-3H3/t11-,13-/m0/s1. The molecule has 2 atom stereocenters. The average molecular weight is 208 g/mol. The summed E-state index contributed by atoms with van der Waals surface area (Å²) in [6.45, 7) is 6.29. The average Bonchev–Trinajstić information content (AvgIpc) is 1.97. The van der Waals surface area contributed by atoms with Crippen LogP contribution in [0.4, 0.5) is 0 Å². The van der Waals surface area contributed by atoms with E-state index in [1.807, 2.05) is 0 Å². The van der Waals surface area contributed by atoms with Crippen molar-refractivity contribution in [3.05, 3.63) is 0 Å². The predicted molar refractivity (Wildman–Crippen MR) is 58.5 cm³/mol. The summed E-state index contributed by atoms with van der Waals surface area (Å²) in [5.74, 6) is 0.839. The summed E-state index contributed by atoms with van der Waals surface area (Å²) < 4.78 is 0. The fourth-order valence-corrected chi connectivity index (χ4v) is 4.04. The van der Waals surface area contributed by atoms with Crippen molar-refractivity contribution in [2.45, 2.75) is 52.9 Å². The van der Waals surface area contributed by atoms with E-state index in [9.17, 15) is 9.59 Å².